The molecular formula is C4H11NO4S2. The molecule has 0 atom stereocenters. The summed E-state index contributed by atoms with van der Waals surface area (Å²) in [6.07, 6.45) is 1.19. The van der Waals surface area contributed by atoms with Crippen LogP contribution in [0.4, 0.5) is 0 Å². The third-order valence-electron chi connectivity index (χ3n) is 0.980. The van der Waals surface area contributed by atoms with Gasteiger partial charge in [-0.15, -0.1) is 4.13 Å². The van der Waals surface area contributed by atoms with Crippen LogP contribution in [0.1, 0.15) is 19.8 Å². The third kappa shape index (κ3) is 6.27. The molecule has 0 aliphatic heterocycles. The van der Waals surface area contributed by atoms with Gasteiger partial charge in [0.1, 0.15) is 0 Å². The fraction of sp³-hybridized carbons (Fsp3) is 1.00. The van der Waals surface area contributed by atoms with E-state index in [2.05, 4.69) is 0 Å². The van der Waals surface area contributed by atoms with Gasteiger partial charge < -0.3 is 0 Å². The Labute approximate surface area is 67.9 Å². The van der Waals surface area contributed by atoms with E-state index in [9.17, 15) is 16.8 Å². The lowest BCUT2D eigenvalue weighted by molar-refractivity contribution is 0.583. The van der Waals surface area contributed by atoms with Gasteiger partial charge >= 0.3 is 0 Å². The summed E-state index contributed by atoms with van der Waals surface area (Å²) >= 11 is 0. The van der Waals surface area contributed by atoms with Crippen molar-refractivity contribution in [1.82, 2.24) is 4.13 Å². The van der Waals surface area contributed by atoms with Crippen molar-refractivity contribution in [3.63, 3.8) is 0 Å². The van der Waals surface area contributed by atoms with Crippen molar-refractivity contribution in [3.8, 4) is 0 Å². The summed E-state index contributed by atoms with van der Waals surface area (Å²) in [5.74, 6) is -0.132. The lowest BCUT2D eigenvalue weighted by Gasteiger charge is -1.97. The maximum atomic E-state index is 10.7. The summed E-state index contributed by atoms with van der Waals surface area (Å²) in [6.45, 7) is 1.83. The van der Waals surface area contributed by atoms with Crippen LogP contribution >= 0.6 is 0 Å². The largest absolute Gasteiger partial charge is 0.224 e. The average Bonchev–Trinajstić information content (AvgIpc) is 1.81. The van der Waals surface area contributed by atoms with Gasteiger partial charge in [0.2, 0.25) is 20.9 Å². The molecule has 0 aliphatic carbocycles. The predicted molar refractivity (Wildman–Crippen MR) is 42.1 cm³/mol. The van der Waals surface area contributed by atoms with E-state index < -0.39 is 20.9 Å². The zero-order valence-corrected chi connectivity index (χ0v) is 7.82. The van der Waals surface area contributed by atoms with Crippen molar-refractivity contribution in [2.45, 2.75) is 19.8 Å². The van der Waals surface area contributed by atoms with Crippen molar-refractivity contribution >= 4 is 20.9 Å². The molecule has 1 N–H and O–H groups in total. The molecule has 0 aromatic rings. The Kier molecular flexibility index (Phi) is 4.62. The minimum atomic E-state index is -3.59. The molecule has 0 heterocycles. The highest BCUT2D eigenvalue weighted by Crippen LogP contribution is 1.92. The van der Waals surface area contributed by atoms with Crippen LogP contribution < -0.4 is 4.13 Å². The monoisotopic (exact) mass is 201 g/mol. The zero-order chi connectivity index (χ0) is 8.91. The van der Waals surface area contributed by atoms with Gasteiger partial charge in [0.25, 0.3) is 0 Å². The summed E-state index contributed by atoms with van der Waals surface area (Å²) in [7, 11) is -6.63. The fourth-order valence-electron chi connectivity index (χ4n) is 0.494. The number of thiol groups is 1. The first-order valence-corrected chi connectivity index (χ1v) is 5.95. The van der Waals surface area contributed by atoms with Crippen LogP contribution in [0.15, 0.2) is 0 Å². The standard InChI is InChI=1S/C4H11NO4S2/c1-2-3-4-11(8,9)5-10(6)7/h10H,2-4H2,1H3,(H,5,6,7). The first-order chi connectivity index (χ1) is 4.98. The van der Waals surface area contributed by atoms with E-state index in [1.54, 1.807) is 0 Å². The lowest BCUT2D eigenvalue weighted by Crippen LogP contribution is -2.24. The highest BCUT2D eigenvalue weighted by Gasteiger charge is 2.08. The van der Waals surface area contributed by atoms with Crippen molar-refractivity contribution in [3.05, 3.63) is 0 Å². The third-order valence-corrected chi connectivity index (χ3v) is 3.52. The molecule has 0 amide bonds. The Morgan fingerprint density at radius 2 is 1.91 bits per heavy atom. The van der Waals surface area contributed by atoms with E-state index in [1.165, 1.54) is 4.13 Å². The topological polar surface area (TPSA) is 80.3 Å². The molecule has 0 radical (unpaired) electrons. The molecule has 0 aromatic carbocycles. The van der Waals surface area contributed by atoms with E-state index in [0.717, 1.165) is 6.42 Å². The van der Waals surface area contributed by atoms with Crippen LogP contribution in [0.25, 0.3) is 0 Å². The second-order valence-corrected chi connectivity index (χ2v) is 4.90. The van der Waals surface area contributed by atoms with Gasteiger partial charge in [-0.25, -0.2) is 16.8 Å². The van der Waals surface area contributed by atoms with E-state index in [4.69, 9.17) is 0 Å². The summed E-state index contributed by atoms with van der Waals surface area (Å²) in [4.78, 5) is 0. The Balaban J connectivity index is 4.02. The number of unbranched alkanes of at least 4 members (excludes halogenated alkanes) is 1. The summed E-state index contributed by atoms with van der Waals surface area (Å²) in [5, 5.41) is 0. The first-order valence-electron chi connectivity index (χ1n) is 3.12. The fourth-order valence-corrected chi connectivity index (χ4v) is 2.44. The Morgan fingerprint density at radius 3 is 2.27 bits per heavy atom. The highest BCUT2D eigenvalue weighted by atomic mass is 32.3. The smallest absolute Gasteiger partial charge is 0.215 e. The second-order valence-electron chi connectivity index (χ2n) is 2.02. The molecule has 0 aromatic heterocycles. The van der Waals surface area contributed by atoms with Gasteiger partial charge in [-0.05, 0) is 6.42 Å². The van der Waals surface area contributed by atoms with Crippen molar-refractivity contribution in [1.29, 1.82) is 0 Å². The van der Waals surface area contributed by atoms with Gasteiger partial charge in [0.15, 0.2) is 0 Å². The van der Waals surface area contributed by atoms with Crippen molar-refractivity contribution in [2.24, 2.45) is 0 Å². The Hall–Kier alpha value is -0.140. The minimum absolute atomic E-state index is 0.132. The molecular weight excluding hydrogens is 190 g/mol. The molecule has 5 nitrogen and oxygen atoms in total. The highest BCUT2D eigenvalue weighted by molar-refractivity contribution is 7.98. The Bertz CT molecular complexity index is 258. The normalized spacial score (nSPS) is 12.2. The lowest BCUT2D eigenvalue weighted by atomic mass is 10.4. The van der Waals surface area contributed by atoms with Crippen LogP contribution in [0.5, 0.6) is 0 Å². The van der Waals surface area contributed by atoms with Crippen LogP contribution in [0.3, 0.4) is 0 Å². The zero-order valence-electron chi connectivity index (χ0n) is 6.11. The van der Waals surface area contributed by atoms with Gasteiger partial charge in [-0.1, -0.05) is 13.3 Å². The summed E-state index contributed by atoms with van der Waals surface area (Å²) < 4.78 is 42.7. The van der Waals surface area contributed by atoms with Crippen LogP contribution in [-0.4, -0.2) is 22.6 Å². The van der Waals surface area contributed by atoms with Crippen LogP contribution in [0, 0.1) is 0 Å². The van der Waals surface area contributed by atoms with Crippen LogP contribution in [-0.2, 0) is 20.9 Å². The molecule has 0 rings (SSSR count). The molecule has 0 saturated carbocycles. The summed E-state index contributed by atoms with van der Waals surface area (Å²) in [5.41, 5.74) is 0. The van der Waals surface area contributed by atoms with Crippen LogP contribution in [0.2, 0.25) is 0 Å². The molecule has 11 heavy (non-hydrogen) atoms. The van der Waals surface area contributed by atoms with Gasteiger partial charge in [0.05, 0.1) is 5.75 Å². The van der Waals surface area contributed by atoms with Gasteiger partial charge in [-0.3, -0.25) is 0 Å². The van der Waals surface area contributed by atoms with Crippen molar-refractivity contribution in [2.75, 3.05) is 5.75 Å². The number of sulfonamides is 1. The number of rotatable bonds is 5. The van der Waals surface area contributed by atoms with E-state index in [0.29, 0.717) is 6.42 Å². The molecule has 7 heteroatoms. The summed E-state index contributed by atoms with van der Waals surface area (Å²) in [6, 6.07) is 0. The minimum Gasteiger partial charge on any atom is -0.215 e. The number of nitrogens with one attached hydrogen (secondary N) is 1. The van der Waals surface area contributed by atoms with Crippen molar-refractivity contribution < 1.29 is 16.8 Å². The first kappa shape index (κ1) is 10.9. The molecule has 0 bridgehead atoms. The average molecular weight is 201 g/mol. The van der Waals surface area contributed by atoms with Gasteiger partial charge in [-0.2, -0.15) is 0 Å². The maximum absolute atomic E-state index is 10.7. The SMILES string of the molecule is CCCCS(=O)(=O)N[SH](=O)=O. The molecule has 0 spiro atoms. The maximum Gasteiger partial charge on any atom is 0.224 e. The number of hydrogen-bond donors (Lipinski definition) is 2. The van der Waals surface area contributed by atoms with E-state index >= 15 is 0 Å². The second kappa shape index (κ2) is 4.68. The molecule has 0 fully saturated rings. The van der Waals surface area contributed by atoms with E-state index in [1.807, 2.05) is 6.92 Å². The molecule has 0 saturated heterocycles. The van der Waals surface area contributed by atoms with Gasteiger partial charge in [0, 0.05) is 0 Å². The number of hydrogen-bond acceptors (Lipinski definition) is 4. The predicted octanol–water partition coefficient (Wildman–Crippen LogP) is -0.768. The Morgan fingerprint density at radius 1 is 1.36 bits per heavy atom. The molecule has 0 aliphatic rings. The quantitative estimate of drug-likeness (QED) is 0.572. The van der Waals surface area contributed by atoms with E-state index in [-0.39, 0.29) is 5.75 Å². The molecule has 68 valence electrons. The molecule has 0 unspecified atom stereocenters.